The SMILES string of the molecule is CCC1(CC)CCN(CCC2(CN)CCC2)CC1. The fraction of sp³-hybridized carbons (Fsp3) is 1.00. The van der Waals surface area contributed by atoms with Gasteiger partial charge in [0.1, 0.15) is 0 Å². The van der Waals surface area contributed by atoms with Gasteiger partial charge in [0.15, 0.2) is 0 Å². The molecule has 106 valence electrons. The molecule has 2 nitrogen and oxygen atoms in total. The van der Waals surface area contributed by atoms with Crippen LogP contribution in [0.4, 0.5) is 0 Å². The average molecular weight is 252 g/mol. The lowest BCUT2D eigenvalue weighted by Gasteiger charge is -2.45. The van der Waals surface area contributed by atoms with Gasteiger partial charge in [0, 0.05) is 0 Å². The van der Waals surface area contributed by atoms with E-state index in [0.717, 1.165) is 6.54 Å². The molecule has 0 amide bonds. The van der Waals surface area contributed by atoms with Gasteiger partial charge >= 0.3 is 0 Å². The molecule has 1 heterocycles. The van der Waals surface area contributed by atoms with E-state index < -0.39 is 0 Å². The minimum Gasteiger partial charge on any atom is -0.330 e. The van der Waals surface area contributed by atoms with Crippen molar-refractivity contribution < 1.29 is 0 Å². The molecule has 1 saturated heterocycles. The van der Waals surface area contributed by atoms with Crippen LogP contribution in [0.2, 0.25) is 0 Å². The van der Waals surface area contributed by atoms with Gasteiger partial charge < -0.3 is 10.6 Å². The zero-order valence-corrected chi connectivity index (χ0v) is 12.5. The lowest BCUT2D eigenvalue weighted by atomic mass is 9.66. The molecule has 2 heteroatoms. The van der Waals surface area contributed by atoms with Crippen LogP contribution in [0.15, 0.2) is 0 Å². The zero-order chi connectivity index (χ0) is 13.1. The molecule has 2 fully saturated rings. The summed E-state index contributed by atoms with van der Waals surface area (Å²) in [6, 6.07) is 0. The Morgan fingerprint density at radius 2 is 1.56 bits per heavy atom. The van der Waals surface area contributed by atoms with E-state index in [2.05, 4.69) is 18.7 Å². The van der Waals surface area contributed by atoms with Gasteiger partial charge in [-0.2, -0.15) is 0 Å². The maximum absolute atomic E-state index is 5.95. The van der Waals surface area contributed by atoms with Crippen molar-refractivity contribution >= 4 is 0 Å². The Hall–Kier alpha value is -0.0800. The summed E-state index contributed by atoms with van der Waals surface area (Å²) in [6.07, 6.45) is 11.1. The van der Waals surface area contributed by atoms with Gasteiger partial charge in [-0.1, -0.05) is 33.1 Å². The summed E-state index contributed by atoms with van der Waals surface area (Å²) in [5.74, 6) is 0. The number of hydrogen-bond acceptors (Lipinski definition) is 2. The molecule has 2 rings (SSSR count). The van der Waals surface area contributed by atoms with Crippen molar-refractivity contribution in [2.75, 3.05) is 26.2 Å². The molecule has 2 aliphatic rings. The Labute approximate surface area is 113 Å². The minimum atomic E-state index is 0.532. The summed E-state index contributed by atoms with van der Waals surface area (Å²) in [7, 11) is 0. The number of nitrogens with zero attached hydrogens (tertiary/aromatic N) is 1. The first-order valence-electron chi connectivity index (χ1n) is 8.10. The van der Waals surface area contributed by atoms with Gasteiger partial charge in [-0.3, -0.25) is 0 Å². The van der Waals surface area contributed by atoms with Crippen molar-refractivity contribution in [1.82, 2.24) is 4.90 Å². The molecule has 0 unspecified atom stereocenters. The van der Waals surface area contributed by atoms with Crippen LogP contribution < -0.4 is 5.73 Å². The van der Waals surface area contributed by atoms with Crippen LogP contribution in [-0.2, 0) is 0 Å². The normalized spacial score (nSPS) is 26.8. The molecule has 1 aliphatic heterocycles. The van der Waals surface area contributed by atoms with Crippen molar-refractivity contribution in [3.63, 3.8) is 0 Å². The number of likely N-dealkylation sites (tertiary alicyclic amines) is 1. The van der Waals surface area contributed by atoms with Gasteiger partial charge in [0.25, 0.3) is 0 Å². The van der Waals surface area contributed by atoms with Crippen molar-refractivity contribution in [3.8, 4) is 0 Å². The third-order valence-corrected chi connectivity index (χ3v) is 6.22. The summed E-state index contributed by atoms with van der Waals surface area (Å²) in [6.45, 7) is 9.59. The van der Waals surface area contributed by atoms with E-state index in [1.165, 1.54) is 71.0 Å². The Kier molecular flexibility index (Phi) is 4.71. The fourth-order valence-electron chi connectivity index (χ4n) is 3.84. The highest BCUT2D eigenvalue weighted by molar-refractivity contribution is 4.90. The second-order valence-corrected chi connectivity index (χ2v) is 6.86. The molecule has 0 bridgehead atoms. The third-order valence-electron chi connectivity index (χ3n) is 6.22. The molecule has 0 atom stereocenters. The number of rotatable bonds is 6. The standard InChI is InChI=1S/C16H32N2/c1-3-15(4-2)8-11-18(12-9-15)13-10-16(14-17)6-5-7-16/h3-14,17H2,1-2H3. The number of hydrogen-bond donors (Lipinski definition) is 1. The molecular weight excluding hydrogens is 220 g/mol. The molecule has 2 N–H and O–H groups in total. The van der Waals surface area contributed by atoms with Gasteiger partial charge in [-0.15, -0.1) is 0 Å². The van der Waals surface area contributed by atoms with Crippen LogP contribution in [0.3, 0.4) is 0 Å². The molecular formula is C16H32N2. The van der Waals surface area contributed by atoms with E-state index in [1.54, 1.807) is 0 Å². The summed E-state index contributed by atoms with van der Waals surface area (Å²) in [5.41, 5.74) is 7.15. The number of nitrogens with two attached hydrogens (primary N) is 1. The van der Waals surface area contributed by atoms with Crippen LogP contribution >= 0.6 is 0 Å². The van der Waals surface area contributed by atoms with E-state index in [1.807, 2.05) is 0 Å². The fourth-order valence-corrected chi connectivity index (χ4v) is 3.84. The Morgan fingerprint density at radius 1 is 0.944 bits per heavy atom. The minimum absolute atomic E-state index is 0.532. The predicted octanol–water partition coefficient (Wildman–Crippen LogP) is 3.41. The van der Waals surface area contributed by atoms with E-state index in [9.17, 15) is 0 Å². The largest absolute Gasteiger partial charge is 0.330 e. The maximum atomic E-state index is 5.95. The summed E-state index contributed by atoms with van der Waals surface area (Å²) in [4.78, 5) is 2.69. The van der Waals surface area contributed by atoms with Crippen molar-refractivity contribution in [2.24, 2.45) is 16.6 Å². The first kappa shape index (κ1) is 14.3. The van der Waals surface area contributed by atoms with Crippen molar-refractivity contribution in [2.45, 2.75) is 65.2 Å². The van der Waals surface area contributed by atoms with E-state index >= 15 is 0 Å². The topological polar surface area (TPSA) is 29.3 Å². The lowest BCUT2D eigenvalue weighted by molar-refractivity contribution is 0.0633. The molecule has 18 heavy (non-hydrogen) atoms. The van der Waals surface area contributed by atoms with Crippen LogP contribution in [0, 0.1) is 10.8 Å². The van der Waals surface area contributed by atoms with Crippen LogP contribution in [0.1, 0.15) is 65.2 Å². The Morgan fingerprint density at radius 3 is 1.94 bits per heavy atom. The Bertz CT molecular complexity index is 238. The maximum Gasteiger partial charge on any atom is -0.00130 e. The number of piperidine rings is 1. The highest BCUT2D eigenvalue weighted by Crippen LogP contribution is 2.43. The molecule has 0 spiro atoms. The smallest absolute Gasteiger partial charge is 0.00130 e. The second-order valence-electron chi connectivity index (χ2n) is 6.86. The monoisotopic (exact) mass is 252 g/mol. The van der Waals surface area contributed by atoms with Gasteiger partial charge in [-0.25, -0.2) is 0 Å². The molecule has 0 aromatic heterocycles. The Balaban J connectivity index is 1.73. The first-order chi connectivity index (χ1) is 8.67. The molecule has 0 aromatic carbocycles. The summed E-state index contributed by atoms with van der Waals surface area (Å²) >= 11 is 0. The lowest BCUT2D eigenvalue weighted by Crippen LogP contribution is -2.44. The second kappa shape index (κ2) is 5.92. The zero-order valence-electron chi connectivity index (χ0n) is 12.5. The van der Waals surface area contributed by atoms with Gasteiger partial charge in [-0.05, 0) is 69.1 Å². The average Bonchev–Trinajstić information content (AvgIpc) is 2.39. The van der Waals surface area contributed by atoms with Crippen molar-refractivity contribution in [1.29, 1.82) is 0 Å². The quantitative estimate of drug-likeness (QED) is 0.785. The summed E-state index contributed by atoms with van der Waals surface area (Å²) in [5, 5.41) is 0. The van der Waals surface area contributed by atoms with E-state index in [4.69, 9.17) is 5.73 Å². The third kappa shape index (κ3) is 2.91. The van der Waals surface area contributed by atoms with Crippen molar-refractivity contribution in [3.05, 3.63) is 0 Å². The highest BCUT2D eigenvalue weighted by Gasteiger charge is 2.36. The van der Waals surface area contributed by atoms with E-state index in [0.29, 0.717) is 10.8 Å². The van der Waals surface area contributed by atoms with Gasteiger partial charge in [0.05, 0.1) is 0 Å². The van der Waals surface area contributed by atoms with Crippen LogP contribution in [0.25, 0.3) is 0 Å². The predicted molar refractivity (Wildman–Crippen MR) is 78.6 cm³/mol. The van der Waals surface area contributed by atoms with Gasteiger partial charge in [0.2, 0.25) is 0 Å². The van der Waals surface area contributed by atoms with Crippen LogP contribution in [0.5, 0.6) is 0 Å². The molecule has 0 aromatic rings. The van der Waals surface area contributed by atoms with E-state index in [-0.39, 0.29) is 0 Å². The highest BCUT2D eigenvalue weighted by atomic mass is 15.1. The first-order valence-corrected chi connectivity index (χ1v) is 8.10. The molecule has 0 radical (unpaired) electrons. The summed E-state index contributed by atoms with van der Waals surface area (Å²) < 4.78 is 0. The molecule has 1 saturated carbocycles. The molecule has 1 aliphatic carbocycles. The van der Waals surface area contributed by atoms with Crippen LogP contribution in [-0.4, -0.2) is 31.1 Å².